The van der Waals surface area contributed by atoms with E-state index in [1.165, 1.54) is 11.1 Å². The number of fused-ring (bicyclic) bond motifs is 1. The van der Waals surface area contributed by atoms with E-state index in [1.54, 1.807) is 0 Å². The fourth-order valence-corrected chi connectivity index (χ4v) is 2.90. The minimum Gasteiger partial charge on any atom is -0.488 e. The van der Waals surface area contributed by atoms with E-state index in [9.17, 15) is 0 Å². The van der Waals surface area contributed by atoms with E-state index < -0.39 is 0 Å². The lowest BCUT2D eigenvalue weighted by Crippen LogP contribution is -2.32. The normalized spacial score (nSPS) is 18.7. The molecule has 1 aliphatic rings. The predicted octanol–water partition coefficient (Wildman–Crippen LogP) is 3.71. The molecule has 0 radical (unpaired) electrons. The van der Waals surface area contributed by atoms with Crippen LogP contribution in [0.1, 0.15) is 17.2 Å². The second kappa shape index (κ2) is 5.35. The van der Waals surface area contributed by atoms with E-state index in [-0.39, 0.29) is 12.1 Å². The molecule has 0 spiro atoms. The summed E-state index contributed by atoms with van der Waals surface area (Å²) in [7, 11) is 1.99. The lowest BCUT2D eigenvalue weighted by Gasteiger charge is -2.23. The van der Waals surface area contributed by atoms with Crippen molar-refractivity contribution in [2.75, 3.05) is 7.05 Å². The van der Waals surface area contributed by atoms with Gasteiger partial charge in [-0.1, -0.05) is 46.3 Å². The van der Waals surface area contributed by atoms with Crippen LogP contribution in [-0.4, -0.2) is 13.2 Å². The summed E-state index contributed by atoms with van der Waals surface area (Å²) in [4.78, 5) is 0. The first kappa shape index (κ1) is 12.7. The standard InChI is InChI=1S/C16H16BrNO/c1-18-16(11-6-8-13(17)9-7-11)15-10-12-4-2-3-5-14(12)19-15/h2-9,15-16,18H,10H2,1H3. The van der Waals surface area contributed by atoms with Crippen LogP contribution in [0.25, 0.3) is 0 Å². The maximum absolute atomic E-state index is 6.07. The van der Waals surface area contributed by atoms with Gasteiger partial charge >= 0.3 is 0 Å². The summed E-state index contributed by atoms with van der Waals surface area (Å²) in [6, 6.07) is 16.9. The molecule has 1 aliphatic heterocycles. The molecule has 0 aliphatic carbocycles. The van der Waals surface area contributed by atoms with Crippen LogP contribution in [0.4, 0.5) is 0 Å². The number of para-hydroxylation sites is 1. The first-order valence-corrected chi connectivity index (χ1v) is 7.24. The number of likely N-dealkylation sites (N-methyl/N-ethyl adjacent to an activating group) is 1. The molecule has 3 heteroatoms. The smallest absolute Gasteiger partial charge is 0.123 e. The van der Waals surface area contributed by atoms with Crippen molar-refractivity contribution < 1.29 is 4.74 Å². The van der Waals surface area contributed by atoms with Gasteiger partial charge in [-0.05, 0) is 36.4 Å². The first-order chi connectivity index (χ1) is 9.28. The number of ether oxygens (including phenoxy) is 1. The third-order valence-corrected chi connectivity index (χ3v) is 4.11. The number of nitrogens with one attached hydrogen (secondary N) is 1. The van der Waals surface area contributed by atoms with Crippen LogP contribution in [0.15, 0.2) is 53.0 Å². The van der Waals surface area contributed by atoms with Crippen LogP contribution in [-0.2, 0) is 6.42 Å². The molecule has 0 aromatic heterocycles. The zero-order valence-corrected chi connectivity index (χ0v) is 12.4. The van der Waals surface area contributed by atoms with Gasteiger partial charge in [-0.3, -0.25) is 0 Å². The zero-order chi connectivity index (χ0) is 13.2. The number of benzene rings is 2. The van der Waals surface area contributed by atoms with Crippen molar-refractivity contribution in [1.82, 2.24) is 5.32 Å². The minimum atomic E-state index is 0.156. The number of hydrogen-bond acceptors (Lipinski definition) is 2. The van der Waals surface area contributed by atoms with Crippen LogP contribution < -0.4 is 10.1 Å². The Kier molecular flexibility index (Phi) is 3.58. The number of hydrogen-bond donors (Lipinski definition) is 1. The lowest BCUT2D eigenvalue weighted by molar-refractivity contribution is 0.183. The van der Waals surface area contributed by atoms with Gasteiger partial charge in [-0.15, -0.1) is 0 Å². The Balaban J connectivity index is 1.83. The van der Waals surface area contributed by atoms with Crippen molar-refractivity contribution in [3.05, 3.63) is 64.1 Å². The van der Waals surface area contributed by atoms with Gasteiger partial charge in [0.25, 0.3) is 0 Å². The minimum absolute atomic E-state index is 0.156. The van der Waals surface area contributed by atoms with Gasteiger partial charge < -0.3 is 10.1 Å². The first-order valence-electron chi connectivity index (χ1n) is 6.45. The largest absolute Gasteiger partial charge is 0.488 e. The summed E-state index contributed by atoms with van der Waals surface area (Å²) >= 11 is 3.47. The Morgan fingerprint density at radius 1 is 1.16 bits per heavy atom. The Hall–Kier alpha value is -1.32. The molecule has 0 saturated carbocycles. The van der Waals surface area contributed by atoms with Gasteiger partial charge in [0.05, 0.1) is 6.04 Å². The molecular formula is C16H16BrNO. The Morgan fingerprint density at radius 3 is 2.58 bits per heavy atom. The second-order valence-electron chi connectivity index (χ2n) is 4.79. The van der Waals surface area contributed by atoms with Gasteiger partial charge in [-0.2, -0.15) is 0 Å². The molecule has 2 atom stereocenters. The molecule has 2 aromatic carbocycles. The van der Waals surface area contributed by atoms with E-state index in [4.69, 9.17) is 4.74 Å². The Bertz CT molecular complexity index is 542. The highest BCUT2D eigenvalue weighted by Crippen LogP contribution is 2.34. The van der Waals surface area contributed by atoms with Crippen molar-refractivity contribution in [2.45, 2.75) is 18.6 Å². The van der Waals surface area contributed by atoms with Crippen LogP contribution in [0.2, 0.25) is 0 Å². The molecule has 2 nitrogen and oxygen atoms in total. The molecule has 0 saturated heterocycles. The quantitative estimate of drug-likeness (QED) is 0.931. The fraction of sp³-hybridized carbons (Fsp3) is 0.250. The van der Waals surface area contributed by atoms with Crippen molar-refractivity contribution >= 4 is 15.9 Å². The fourth-order valence-electron chi connectivity index (χ4n) is 2.63. The lowest BCUT2D eigenvalue weighted by atomic mass is 9.98. The monoisotopic (exact) mass is 317 g/mol. The van der Waals surface area contributed by atoms with E-state index >= 15 is 0 Å². The highest BCUT2D eigenvalue weighted by Gasteiger charge is 2.30. The van der Waals surface area contributed by atoms with Crippen LogP contribution in [0.3, 0.4) is 0 Å². The molecule has 3 rings (SSSR count). The van der Waals surface area contributed by atoms with Gasteiger partial charge in [0, 0.05) is 10.9 Å². The molecule has 0 amide bonds. The highest BCUT2D eigenvalue weighted by molar-refractivity contribution is 9.10. The maximum atomic E-state index is 6.07. The molecule has 0 fully saturated rings. The van der Waals surface area contributed by atoms with E-state index in [1.807, 2.05) is 19.2 Å². The van der Waals surface area contributed by atoms with E-state index in [2.05, 4.69) is 57.6 Å². The van der Waals surface area contributed by atoms with Gasteiger partial charge in [-0.25, -0.2) is 0 Å². The van der Waals surface area contributed by atoms with E-state index in [0.29, 0.717) is 0 Å². The molecule has 2 unspecified atom stereocenters. The summed E-state index contributed by atoms with van der Waals surface area (Å²) in [6.07, 6.45) is 1.11. The summed E-state index contributed by atoms with van der Waals surface area (Å²) in [5.74, 6) is 1.02. The van der Waals surface area contributed by atoms with Crippen molar-refractivity contribution in [1.29, 1.82) is 0 Å². The van der Waals surface area contributed by atoms with Crippen molar-refractivity contribution in [3.8, 4) is 5.75 Å². The summed E-state index contributed by atoms with van der Waals surface area (Å²) in [5, 5.41) is 3.37. The summed E-state index contributed by atoms with van der Waals surface area (Å²) < 4.78 is 7.17. The van der Waals surface area contributed by atoms with Crippen LogP contribution in [0.5, 0.6) is 5.75 Å². The number of halogens is 1. The Labute approximate surface area is 121 Å². The maximum Gasteiger partial charge on any atom is 0.123 e. The molecule has 19 heavy (non-hydrogen) atoms. The SMILES string of the molecule is CNC(c1ccc(Br)cc1)C1Cc2ccccc2O1. The van der Waals surface area contributed by atoms with Gasteiger partial charge in [0.2, 0.25) is 0 Å². The summed E-state index contributed by atoms with van der Waals surface area (Å²) in [6.45, 7) is 0. The predicted molar refractivity (Wildman–Crippen MR) is 80.5 cm³/mol. The van der Waals surface area contributed by atoms with Crippen molar-refractivity contribution in [2.24, 2.45) is 0 Å². The average molecular weight is 318 g/mol. The van der Waals surface area contributed by atoms with Crippen LogP contribution >= 0.6 is 15.9 Å². The average Bonchev–Trinajstić information content (AvgIpc) is 2.85. The zero-order valence-electron chi connectivity index (χ0n) is 10.8. The Morgan fingerprint density at radius 2 is 1.89 bits per heavy atom. The molecule has 0 bridgehead atoms. The van der Waals surface area contributed by atoms with Gasteiger partial charge in [0.15, 0.2) is 0 Å². The second-order valence-corrected chi connectivity index (χ2v) is 5.70. The molecule has 2 aromatic rings. The highest BCUT2D eigenvalue weighted by atomic mass is 79.9. The molecule has 98 valence electrons. The van der Waals surface area contributed by atoms with E-state index in [0.717, 1.165) is 16.6 Å². The molecule has 1 N–H and O–H groups in total. The van der Waals surface area contributed by atoms with Crippen molar-refractivity contribution in [3.63, 3.8) is 0 Å². The third kappa shape index (κ3) is 2.53. The topological polar surface area (TPSA) is 21.3 Å². The summed E-state index contributed by atoms with van der Waals surface area (Å²) in [5.41, 5.74) is 2.55. The number of rotatable bonds is 3. The van der Waals surface area contributed by atoms with Gasteiger partial charge in [0.1, 0.15) is 11.9 Å². The molecular weight excluding hydrogens is 302 g/mol. The van der Waals surface area contributed by atoms with Crippen LogP contribution in [0, 0.1) is 0 Å². The third-order valence-electron chi connectivity index (χ3n) is 3.58. The molecule has 1 heterocycles.